The third-order valence-electron chi connectivity index (χ3n) is 7.97. The van der Waals surface area contributed by atoms with E-state index in [1.54, 1.807) is 0 Å². The second-order valence-electron chi connectivity index (χ2n) is 11.4. The van der Waals surface area contributed by atoms with E-state index in [4.69, 9.17) is 0 Å². The summed E-state index contributed by atoms with van der Waals surface area (Å²) in [6.45, 7) is 1.72. The first kappa shape index (κ1) is 36.5. The van der Waals surface area contributed by atoms with Gasteiger partial charge in [0.25, 0.3) is 5.95 Å². The monoisotopic (exact) mass is 694 g/mol. The van der Waals surface area contributed by atoms with Crippen molar-refractivity contribution in [2.45, 2.75) is 77.1 Å². The molecule has 1 amide bonds. The number of ether oxygens (including phenoxy) is 1. The Hall–Kier alpha value is -4.38. The highest BCUT2D eigenvalue weighted by Gasteiger charge is 2.41. The van der Waals surface area contributed by atoms with Gasteiger partial charge in [0.2, 0.25) is 5.91 Å². The van der Waals surface area contributed by atoms with E-state index in [0.29, 0.717) is 12.1 Å². The molecule has 0 radical (unpaired) electrons. The summed E-state index contributed by atoms with van der Waals surface area (Å²) in [5.74, 6) is -1.38. The van der Waals surface area contributed by atoms with Crippen molar-refractivity contribution < 1.29 is 53.8 Å². The quantitative estimate of drug-likeness (QED) is 0.184. The van der Waals surface area contributed by atoms with Crippen molar-refractivity contribution in [3.8, 4) is 0 Å². The first-order valence-electron chi connectivity index (χ1n) is 14.6. The number of carbonyl (C=O) groups is 2. The van der Waals surface area contributed by atoms with Gasteiger partial charge in [0, 0.05) is 25.9 Å². The number of methoxy groups -OCH3 is 1. The normalized spacial score (nSPS) is 15.6. The fraction of sp³-hybridized carbons (Fsp3) is 0.500. The molecule has 0 aliphatic carbocycles. The number of aryl methyl sites for hydroxylation is 2. The van der Waals surface area contributed by atoms with Crippen molar-refractivity contribution in [3.05, 3.63) is 63.2 Å². The topological polar surface area (TPSA) is 93.5 Å². The molecule has 0 saturated heterocycles. The van der Waals surface area contributed by atoms with Crippen LogP contribution in [-0.4, -0.2) is 45.7 Å². The van der Waals surface area contributed by atoms with E-state index in [2.05, 4.69) is 20.1 Å². The van der Waals surface area contributed by atoms with Gasteiger partial charge in [0.05, 0.1) is 42.6 Å². The number of hydrogen-bond acceptors (Lipinski definition) is 7. The molecule has 0 saturated carbocycles. The fourth-order valence-corrected chi connectivity index (χ4v) is 5.97. The number of benzene rings is 2. The van der Waals surface area contributed by atoms with Crippen molar-refractivity contribution in [2.75, 3.05) is 23.5 Å². The minimum Gasteiger partial charge on any atom is -0.469 e. The van der Waals surface area contributed by atoms with E-state index < -0.39 is 65.2 Å². The van der Waals surface area contributed by atoms with Gasteiger partial charge >= 0.3 is 24.5 Å². The lowest BCUT2D eigenvalue weighted by Gasteiger charge is -2.34. The number of rotatable bonds is 8. The number of tetrazole rings is 1. The number of halogens is 9. The highest BCUT2D eigenvalue weighted by Crippen LogP contribution is 2.47. The molecule has 1 aliphatic heterocycles. The van der Waals surface area contributed by atoms with Crippen LogP contribution in [0.25, 0.3) is 0 Å². The van der Waals surface area contributed by atoms with Crippen molar-refractivity contribution in [1.82, 2.24) is 20.2 Å². The largest absolute Gasteiger partial charge is 0.469 e. The summed E-state index contributed by atoms with van der Waals surface area (Å²) in [4.78, 5) is 28.6. The van der Waals surface area contributed by atoms with Gasteiger partial charge in [-0.3, -0.25) is 9.59 Å². The zero-order chi connectivity index (χ0) is 35.8. The van der Waals surface area contributed by atoms with Crippen LogP contribution in [0.5, 0.6) is 0 Å². The van der Waals surface area contributed by atoms with Crippen LogP contribution in [-0.2, 0) is 46.4 Å². The van der Waals surface area contributed by atoms with Gasteiger partial charge in [-0.2, -0.15) is 44.3 Å². The minimum atomic E-state index is -5.13. The number of fused-ring (bicyclic) bond motifs is 1. The Labute approximate surface area is 268 Å². The fourth-order valence-electron chi connectivity index (χ4n) is 5.97. The van der Waals surface area contributed by atoms with E-state index in [-0.39, 0.29) is 73.0 Å². The van der Waals surface area contributed by atoms with Gasteiger partial charge in [-0.1, -0.05) is 11.2 Å². The van der Waals surface area contributed by atoms with E-state index in [1.165, 1.54) is 43.9 Å². The summed E-state index contributed by atoms with van der Waals surface area (Å²) in [5.41, 5.74) is -4.97. The van der Waals surface area contributed by atoms with E-state index in [0.717, 1.165) is 4.80 Å². The summed E-state index contributed by atoms with van der Waals surface area (Å²) in [6, 6.07) is 1.28. The number of amides is 1. The Morgan fingerprint density at radius 3 is 2.08 bits per heavy atom. The molecule has 2 heterocycles. The molecule has 48 heavy (non-hydrogen) atoms. The SMILES string of the molecule is COC(=O)CCCC(=O)N1CCCC(N(Cc2cc(C(F)(F)F)cc(C(F)(F)F)c2)c2nnn(C)n2)c2cc(C)c(C(F)(F)F)c(C)c21. The minimum absolute atomic E-state index is 0.00949. The average molecular weight is 695 g/mol. The first-order valence-corrected chi connectivity index (χ1v) is 14.6. The van der Waals surface area contributed by atoms with Crippen molar-refractivity contribution in [2.24, 2.45) is 7.05 Å². The first-order chi connectivity index (χ1) is 22.2. The Bertz CT molecular complexity index is 1630. The van der Waals surface area contributed by atoms with E-state index in [9.17, 15) is 49.1 Å². The maximum absolute atomic E-state index is 14.3. The molecule has 1 unspecified atom stereocenters. The standard InChI is InChI=1S/C30H31F9N6O3/c1-16-11-21-22(7-6-10-44(23(46)8-5-9-24(47)48-4)26(21)17(2)25(16)30(37,38)39)45(27-40-42-43(3)41-27)15-18-12-19(28(31,32)33)14-20(13-18)29(34,35)36/h11-14,22H,5-10,15H2,1-4H3. The van der Waals surface area contributed by atoms with Crippen LogP contribution in [0.1, 0.15) is 77.1 Å². The van der Waals surface area contributed by atoms with E-state index >= 15 is 0 Å². The van der Waals surface area contributed by atoms with Gasteiger partial charge in [-0.25, -0.2) is 0 Å². The molecule has 262 valence electrons. The number of anilines is 2. The Kier molecular flexibility index (Phi) is 10.3. The van der Waals surface area contributed by atoms with Crippen molar-refractivity contribution in [3.63, 3.8) is 0 Å². The zero-order valence-electron chi connectivity index (χ0n) is 26.1. The predicted molar refractivity (Wildman–Crippen MR) is 153 cm³/mol. The van der Waals surface area contributed by atoms with Crippen LogP contribution >= 0.6 is 0 Å². The highest BCUT2D eigenvalue weighted by molar-refractivity contribution is 5.96. The molecular weight excluding hydrogens is 663 g/mol. The summed E-state index contributed by atoms with van der Waals surface area (Å²) < 4.78 is 130. The molecule has 0 spiro atoms. The molecule has 0 bridgehead atoms. The number of esters is 1. The maximum atomic E-state index is 14.3. The molecule has 3 aromatic rings. The molecule has 1 atom stereocenters. The van der Waals surface area contributed by atoms with Crippen molar-refractivity contribution >= 4 is 23.5 Å². The van der Waals surface area contributed by atoms with Gasteiger partial charge in [0.1, 0.15) is 0 Å². The van der Waals surface area contributed by atoms with Gasteiger partial charge < -0.3 is 14.5 Å². The third-order valence-corrected chi connectivity index (χ3v) is 7.97. The number of alkyl halides is 9. The molecule has 9 nitrogen and oxygen atoms in total. The Balaban J connectivity index is 1.91. The molecule has 0 fully saturated rings. The summed E-state index contributed by atoms with van der Waals surface area (Å²) in [6.07, 6.45) is -15.1. The van der Waals surface area contributed by atoms with E-state index in [1.807, 2.05) is 0 Å². The number of carbonyl (C=O) groups excluding carboxylic acids is 2. The second-order valence-corrected chi connectivity index (χ2v) is 11.4. The Morgan fingerprint density at radius 1 is 0.938 bits per heavy atom. The molecule has 0 N–H and O–H groups in total. The molecule has 1 aliphatic rings. The zero-order valence-corrected chi connectivity index (χ0v) is 26.1. The lowest BCUT2D eigenvalue weighted by atomic mass is 9.90. The molecular formula is C30H31F9N6O3. The van der Waals surface area contributed by atoms with Gasteiger partial charge in [-0.05, 0) is 78.8 Å². The smallest absolute Gasteiger partial charge is 0.416 e. The Morgan fingerprint density at radius 2 is 1.56 bits per heavy atom. The predicted octanol–water partition coefficient (Wildman–Crippen LogP) is 7.10. The number of nitrogens with zero attached hydrogens (tertiary/aromatic N) is 6. The van der Waals surface area contributed by atoms with Crippen LogP contribution < -0.4 is 9.80 Å². The third kappa shape index (κ3) is 8.01. The van der Waals surface area contributed by atoms with Crippen LogP contribution in [0, 0.1) is 13.8 Å². The summed E-state index contributed by atoms with van der Waals surface area (Å²) in [7, 11) is 2.54. The van der Waals surface area contributed by atoms with Crippen molar-refractivity contribution in [1.29, 1.82) is 0 Å². The average Bonchev–Trinajstić information content (AvgIpc) is 3.31. The molecule has 2 aromatic carbocycles. The number of hydrogen-bond donors (Lipinski definition) is 0. The van der Waals surface area contributed by atoms with Crippen LogP contribution in [0.4, 0.5) is 51.1 Å². The summed E-state index contributed by atoms with van der Waals surface area (Å²) >= 11 is 0. The molecule has 1 aromatic heterocycles. The van der Waals surface area contributed by atoms with Gasteiger partial charge in [-0.15, -0.1) is 5.10 Å². The lowest BCUT2D eigenvalue weighted by Crippen LogP contribution is -2.34. The highest BCUT2D eigenvalue weighted by atomic mass is 19.4. The molecule has 4 rings (SSSR count). The lowest BCUT2D eigenvalue weighted by molar-refractivity contribution is -0.143. The van der Waals surface area contributed by atoms with Crippen LogP contribution in [0.3, 0.4) is 0 Å². The van der Waals surface area contributed by atoms with Crippen LogP contribution in [0.2, 0.25) is 0 Å². The number of aromatic nitrogens is 4. The summed E-state index contributed by atoms with van der Waals surface area (Å²) in [5, 5.41) is 11.8. The van der Waals surface area contributed by atoms with Gasteiger partial charge in [0.15, 0.2) is 0 Å². The maximum Gasteiger partial charge on any atom is 0.416 e. The van der Waals surface area contributed by atoms with Crippen LogP contribution in [0.15, 0.2) is 24.3 Å². The second kappa shape index (κ2) is 13.6. The molecule has 18 heteroatoms.